The molecule has 1 atom stereocenters. The molecule has 2 aromatic rings. The summed E-state index contributed by atoms with van der Waals surface area (Å²) in [6.45, 7) is 1.51. The third kappa shape index (κ3) is 5.82. The van der Waals surface area contributed by atoms with Crippen LogP contribution in [0.4, 0.5) is 0 Å². The number of methoxy groups -OCH3 is 2. The summed E-state index contributed by atoms with van der Waals surface area (Å²) < 4.78 is 21.8. The van der Waals surface area contributed by atoms with Crippen molar-refractivity contribution in [2.75, 3.05) is 41.4 Å². The quantitative estimate of drug-likeness (QED) is 0.580. The molecule has 29 heavy (non-hydrogen) atoms. The molecule has 1 fully saturated rings. The molecule has 1 aliphatic heterocycles. The van der Waals surface area contributed by atoms with Crippen molar-refractivity contribution in [2.45, 2.75) is 25.3 Å². The van der Waals surface area contributed by atoms with Crippen molar-refractivity contribution in [3.05, 3.63) is 65.7 Å². The zero-order valence-electron chi connectivity index (χ0n) is 17.6. The lowest BCUT2D eigenvalue weighted by Crippen LogP contribution is -2.34. The molecule has 0 N–H and O–H groups in total. The van der Waals surface area contributed by atoms with Gasteiger partial charge in [0, 0.05) is 25.8 Å². The van der Waals surface area contributed by atoms with Gasteiger partial charge in [0.25, 0.3) is 0 Å². The molecule has 2 aromatic carbocycles. The molecule has 0 amide bonds. The van der Waals surface area contributed by atoms with Gasteiger partial charge in [0.2, 0.25) is 0 Å². The molecule has 1 heterocycles. The van der Waals surface area contributed by atoms with Crippen molar-refractivity contribution in [1.29, 1.82) is 0 Å². The molecule has 0 radical (unpaired) electrons. The van der Waals surface area contributed by atoms with Crippen LogP contribution >= 0.6 is 0 Å². The summed E-state index contributed by atoms with van der Waals surface area (Å²) in [5.74, 6) is 1.51. The molecular formula is C24H31NO4. The summed E-state index contributed by atoms with van der Waals surface area (Å²) in [6.07, 6.45) is 6.02. The van der Waals surface area contributed by atoms with E-state index in [0.29, 0.717) is 6.04 Å². The summed E-state index contributed by atoms with van der Waals surface area (Å²) in [7, 11) is 5.44. The van der Waals surface area contributed by atoms with Crippen LogP contribution < -0.4 is 9.47 Å². The van der Waals surface area contributed by atoms with E-state index in [1.807, 2.05) is 24.3 Å². The number of likely N-dealkylation sites (N-methyl/N-ethyl adjacent to an activating group) is 1. The molecule has 0 spiro atoms. The lowest BCUT2D eigenvalue weighted by molar-refractivity contribution is 0.0482. The Morgan fingerprint density at radius 3 is 2.48 bits per heavy atom. The van der Waals surface area contributed by atoms with Crippen LogP contribution in [0.2, 0.25) is 0 Å². The summed E-state index contributed by atoms with van der Waals surface area (Å²) in [5.41, 5.74) is 3.27. The molecule has 0 saturated carbocycles. The van der Waals surface area contributed by atoms with Crippen LogP contribution in [0.1, 0.15) is 30.4 Å². The summed E-state index contributed by atoms with van der Waals surface area (Å²) in [6, 6.07) is 16.7. The van der Waals surface area contributed by atoms with Crippen LogP contribution in [0.3, 0.4) is 0 Å². The molecule has 0 aliphatic carbocycles. The normalized spacial score (nSPS) is 17.9. The number of piperidine rings is 1. The highest BCUT2D eigenvalue weighted by atomic mass is 16.7. The molecular weight excluding hydrogens is 366 g/mol. The molecule has 1 unspecified atom stereocenters. The molecule has 0 bridgehead atoms. The number of ether oxygens (including phenoxy) is 4. The van der Waals surface area contributed by atoms with Crippen LogP contribution in [-0.2, 0) is 9.47 Å². The van der Waals surface area contributed by atoms with Gasteiger partial charge in [-0.15, -0.1) is 0 Å². The van der Waals surface area contributed by atoms with E-state index in [0.717, 1.165) is 41.2 Å². The maximum atomic E-state index is 5.90. The lowest BCUT2D eigenvalue weighted by Gasteiger charge is -2.31. The van der Waals surface area contributed by atoms with Gasteiger partial charge in [-0.25, -0.2) is 0 Å². The van der Waals surface area contributed by atoms with E-state index in [1.165, 1.54) is 12.8 Å². The molecule has 5 heteroatoms. The van der Waals surface area contributed by atoms with Crippen molar-refractivity contribution in [2.24, 2.45) is 0 Å². The molecule has 1 saturated heterocycles. The standard InChI is InChI=1S/C24H31NO4/c1-25-14-8-7-11-20(25)15-22(19-9-5-4-6-10-19)23-16-21(28-17-26-2)12-13-24(23)29-18-27-3/h4-6,9-10,12-13,15-16,20H,7-8,11,14,17-18H2,1-3H3. The summed E-state index contributed by atoms with van der Waals surface area (Å²) in [4.78, 5) is 2.42. The van der Waals surface area contributed by atoms with Crippen LogP contribution in [-0.4, -0.2) is 52.3 Å². The van der Waals surface area contributed by atoms with Gasteiger partial charge in [-0.1, -0.05) is 42.8 Å². The van der Waals surface area contributed by atoms with Gasteiger partial charge in [0.05, 0.1) is 0 Å². The first kappa shape index (κ1) is 21.4. The third-order valence-electron chi connectivity index (χ3n) is 5.19. The average Bonchev–Trinajstić information content (AvgIpc) is 2.76. The number of hydrogen-bond acceptors (Lipinski definition) is 5. The van der Waals surface area contributed by atoms with Crippen molar-refractivity contribution in [3.8, 4) is 11.5 Å². The van der Waals surface area contributed by atoms with E-state index in [9.17, 15) is 0 Å². The topological polar surface area (TPSA) is 40.2 Å². The van der Waals surface area contributed by atoms with Crippen LogP contribution in [0.15, 0.2) is 54.6 Å². The summed E-state index contributed by atoms with van der Waals surface area (Å²) >= 11 is 0. The van der Waals surface area contributed by atoms with Crippen molar-refractivity contribution >= 4 is 5.57 Å². The molecule has 0 aromatic heterocycles. The predicted octanol–water partition coefficient (Wildman–Crippen LogP) is 4.57. The zero-order chi connectivity index (χ0) is 20.5. The van der Waals surface area contributed by atoms with Crippen molar-refractivity contribution in [1.82, 2.24) is 4.90 Å². The Morgan fingerprint density at radius 2 is 1.76 bits per heavy atom. The first-order valence-electron chi connectivity index (χ1n) is 10.1. The minimum atomic E-state index is 0.191. The second-order valence-electron chi connectivity index (χ2n) is 7.25. The SMILES string of the molecule is COCOc1ccc(OCOC)c(C(=CC2CCCCN2C)c2ccccc2)c1. The summed E-state index contributed by atoms with van der Waals surface area (Å²) in [5, 5.41) is 0. The smallest absolute Gasteiger partial charge is 0.188 e. The number of nitrogens with zero attached hydrogens (tertiary/aromatic N) is 1. The maximum Gasteiger partial charge on any atom is 0.188 e. The zero-order valence-corrected chi connectivity index (χ0v) is 17.6. The fraction of sp³-hybridized carbons (Fsp3) is 0.417. The maximum absolute atomic E-state index is 5.90. The first-order valence-corrected chi connectivity index (χ1v) is 10.1. The highest BCUT2D eigenvalue weighted by Crippen LogP contribution is 2.35. The van der Waals surface area contributed by atoms with E-state index in [1.54, 1.807) is 14.2 Å². The van der Waals surface area contributed by atoms with Crippen LogP contribution in [0, 0.1) is 0 Å². The number of benzene rings is 2. The van der Waals surface area contributed by atoms with E-state index in [2.05, 4.69) is 42.3 Å². The highest BCUT2D eigenvalue weighted by Gasteiger charge is 2.20. The monoisotopic (exact) mass is 397 g/mol. The Kier molecular flexibility index (Phi) is 8.11. The molecule has 5 nitrogen and oxygen atoms in total. The minimum absolute atomic E-state index is 0.191. The Balaban J connectivity index is 2.07. The van der Waals surface area contributed by atoms with E-state index >= 15 is 0 Å². The molecule has 3 rings (SSSR count). The van der Waals surface area contributed by atoms with Gasteiger partial charge >= 0.3 is 0 Å². The van der Waals surface area contributed by atoms with Crippen molar-refractivity contribution < 1.29 is 18.9 Å². The third-order valence-corrected chi connectivity index (χ3v) is 5.19. The van der Waals surface area contributed by atoms with Gasteiger partial charge in [-0.3, -0.25) is 4.90 Å². The fourth-order valence-electron chi connectivity index (χ4n) is 3.65. The largest absolute Gasteiger partial charge is 0.468 e. The number of hydrogen-bond donors (Lipinski definition) is 0. The van der Waals surface area contributed by atoms with E-state index in [4.69, 9.17) is 18.9 Å². The molecule has 156 valence electrons. The van der Waals surface area contributed by atoms with Crippen LogP contribution in [0.25, 0.3) is 5.57 Å². The Hall–Kier alpha value is -2.34. The fourth-order valence-corrected chi connectivity index (χ4v) is 3.65. The Labute approximate surface area is 173 Å². The van der Waals surface area contributed by atoms with Gasteiger partial charge < -0.3 is 18.9 Å². The Bertz CT molecular complexity index is 791. The van der Waals surface area contributed by atoms with Gasteiger partial charge in [-0.2, -0.15) is 0 Å². The van der Waals surface area contributed by atoms with Crippen LogP contribution in [0.5, 0.6) is 11.5 Å². The second-order valence-corrected chi connectivity index (χ2v) is 7.25. The minimum Gasteiger partial charge on any atom is -0.468 e. The van der Waals surface area contributed by atoms with Gasteiger partial charge in [-0.05, 0) is 55.8 Å². The average molecular weight is 398 g/mol. The lowest BCUT2D eigenvalue weighted by atomic mass is 9.92. The number of likely N-dealkylation sites (tertiary alicyclic amines) is 1. The first-order chi connectivity index (χ1) is 14.2. The van der Waals surface area contributed by atoms with Crippen molar-refractivity contribution in [3.63, 3.8) is 0 Å². The second kappa shape index (κ2) is 11.0. The number of rotatable bonds is 9. The van der Waals surface area contributed by atoms with E-state index < -0.39 is 0 Å². The molecule has 1 aliphatic rings. The predicted molar refractivity (Wildman–Crippen MR) is 115 cm³/mol. The highest BCUT2D eigenvalue weighted by molar-refractivity contribution is 5.83. The van der Waals surface area contributed by atoms with Gasteiger partial charge in [0.1, 0.15) is 11.5 Å². The van der Waals surface area contributed by atoms with E-state index in [-0.39, 0.29) is 13.6 Å². The Morgan fingerprint density at radius 1 is 1.00 bits per heavy atom. The van der Waals surface area contributed by atoms with Gasteiger partial charge in [0.15, 0.2) is 13.6 Å².